The molecule has 1 rings (SSSR count). The SMILES string of the molecule is CC.CCCCCC(=O)N1CCN(CC)CC1. The highest BCUT2D eigenvalue weighted by Gasteiger charge is 2.19. The summed E-state index contributed by atoms with van der Waals surface area (Å²) in [5.74, 6) is 0.360. The molecule has 0 bridgehead atoms. The van der Waals surface area contributed by atoms with Crippen LogP contribution in [0.5, 0.6) is 0 Å². The topological polar surface area (TPSA) is 23.6 Å². The smallest absolute Gasteiger partial charge is 0.222 e. The quantitative estimate of drug-likeness (QED) is 0.692. The van der Waals surface area contributed by atoms with Gasteiger partial charge in [-0.25, -0.2) is 0 Å². The van der Waals surface area contributed by atoms with E-state index in [0.29, 0.717) is 5.91 Å². The van der Waals surface area contributed by atoms with Crippen molar-refractivity contribution in [2.75, 3.05) is 32.7 Å². The average Bonchev–Trinajstić information content (AvgIpc) is 2.41. The Kier molecular flexibility index (Phi) is 10.2. The van der Waals surface area contributed by atoms with Crippen LogP contribution in [-0.2, 0) is 4.79 Å². The largest absolute Gasteiger partial charge is 0.340 e. The fourth-order valence-corrected chi connectivity index (χ4v) is 2.00. The third-order valence-electron chi connectivity index (χ3n) is 3.17. The zero-order valence-electron chi connectivity index (χ0n) is 12.2. The average molecular weight is 242 g/mol. The van der Waals surface area contributed by atoms with Gasteiger partial charge in [0.05, 0.1) is 0 Å². The van der Waals surface area contributed by atoms with Crippen LogP contribution in [0.4, 0.5) is 0 Å². The van der Waals surface area contributed by atoms with Crippen molar-refractivity contribution in [1.82, 2.24) is 9.80 Å². The first-order valence-corrected chi connectivity index (χ1v) is 7.28. The monoisotopic (exact) mass is 242 g/mol. The molecule has 0 atom stereocenters. The predicted octanol–water partition coefficient (Wildman–Crippen LogP) is 2.76. The Hall–Kier alpha value is -0.570. The maximum atomic E-state index is 11.8. The number of piperazine rings is 1. The van der Waals surface area contributed by atoms with Crippen molar-refractivity contribution < 1.29 is 4.79 Å². The van der Waals surface area contributed by atoms with E-state index in [4.69, 9.17) is 0 Å². The summed E-state index contributed by atoms with van der Waals surface area (Å²) in [5.41, 5.74) is 0. The number of nitrogens with zero attached hydrogens (tertiary/aromatic N) is 2. The summed E-state index contributed by atoms with van der Waals surface area (Å²) in [7, 11) is 0. The predicted molar refractivity (Wildman–Crippen MR) is 74.2 cm³/mol. The van der Waals surface area contributed by atoms with Crippen LogP contribution in [0.25, 0.3) is 0 Å². The molecule has 0 N–H and O–H groups in total. The molecule has 102 valence electrons. The Morgan fingerprint density at radius 1 is 1.00 bits per heavy atom. The summed E-state index contributed by atoms with van der Waals surface area (Å²) in [6, 6.07) is 0. The molecule has 0 aromatic rings. The minimum absolute atomic E-state index is 0.360. The summed E-state index contributed by atoms with van der Waals surface area (Å²) in [6.07, 6.45) is 4.18. The number of hydrogen-bond donors (Lipinski definition) is 0. The van der Waals surface area contributed by atoms with Gasteiger partial charge < -0.3 is 9.80 Å². The van der Waals surface area contributed by atoms with Crippen molar-refractivity contribution in [3.63, 3.8) is 0 Å². The van der Waals surface area contributed by atoms with Crippen LogP contribution in [0.15, 0.2) is 0 Å². The molecule has 0 unspecified atom stereocenters. The normalized spacial score (nSPS) is 16.4. The molecule has 0 spiro atoms. The number of carbonyl (C=O) groups is 1. The lowest BCUT2D eigenvalue weighted by atomic mass is 10.2. The van der Waals surface area contributed by atoms with E-state index in [1.807, 2.05) is 18.7 Å². The van der Waals surface area contributed by atoms with Crippen LogP contribution in [-0.4, -0.2) is 48.4 Å². The Labute approximate surface area is 107 Å². The summed E-state index contributed by atoms with van der Waals surface area (Å²) in [4.78, 5) is 16.2. The van der Waals surface area contributed by atoms with Gasteiger partial charge in [0.15, 0.2) is 0 Å². The molecule has 0 aromatic heterocycles. The van der Waals surface area contributed by atoms with Crippen LogP contribution in [0.1, 0.15) is 53.4 Å². The Balaban J connectivity index is 0.00000121. The molecule has 0 saturated carbocycles. The lowest BCUT2D eigenvalue weighted by Crippen LogP contribution is -2.48. The van der Waals surface area contributed by atoms with E-state index in [2.05, 4.69) is 18.7 Å². The summed E-state index contributed by atoms with van der Waals surface area (Å²) in [6.45, 7) is 13.4. The summed E-state index contributed by atoms with van der Waals surface area (Å²) >= 11 is 0. The second-order valence-corrected chi connectivity index (χ2v) is 4.27. The molecule has 0 aliphatic carbocycles. The van der Waals surface area contributed by atoms with Crippen LogP contribution in [0.3, 0.4) is 0 Å². The van der Waals surface area contributed by atoms with Gasteiger partial charge in [-0.05, 0) is 13.0 Å². The number of unbranched alkanes of at least 4 members (excludes halogenated alkanes) is 2. The molecule has 1 saturated heterocycles. The fourth-order valence-electron chi connectivity index (χ4n) is 2.00. The first kappa shape index (κ1) is 16.4. The Morgan fingerprint density at radius 3 is 2.06 bits per heavy atom. The van der Waals surface area contributed by atoms with E-state index in [1.54, 1.807) is 0 Å². The number of amides is 1. The first-order chi connectivity index (χ1) is 8.27. The van der Waals surface area contributed by atoms with Crippen molar-refractivity contribution >= 4 is 5.91 Å². The van der Waals surface area contributed by atoms with Crippen molar-refractivity contribution in [2.24, 2.45) is 0 Å². The molecule has 1 heterocycles. The van der Waals surface area contributed by atoms with Crippen molar-refractivity contribution in [3.8, 4) is 0 Å². The molecule has 1 aliphatic rings. The maximum Gasteiger partial charge on any atom is 0.222 e. The van der Waals surface area contributed by atoms with Crippen LogP contribution >= 0.6 is 0 Å². The van der Waals surface area contributed by atoms with Gasteiger partial charge in [-0.3, -0.25) is 4.79 Å². The van der Waals surface area contributed by atoms with E-state index in [9.17, 15) is 4.79 Å². The molecule has 3 nitrogen and oxygen atoms in total. The van der Waals surface area contributed by atoms with Gasteiger partial charge >= 0.3 is 0 Å². The van der Waals surface area contributed by atoms with Gasteiger partial charge in [-0.2, -0.15) is 0 Å². The van der Waals surface area contributed by atoms with Gasteiger partial charge in [0.1, 0.15) is 0 Å². The molecule has 17 heavy (non-hydrogen) atoms. The maximum absolute atomic E-state index is 11.8. The Morgan fingerprint density at radius 2 is 1.59 bits per heavy atom. The number of likely N-dealkylation sites (N-methyl/N-ethyl adjacent to an activating group) is 1. The van der Waals surface area contributed by atoms with Gasteiger partial charge in [-0.1, -0.05) is 40.5 Å². The molecular formula is C14H30N2O. The fraction of sp³-hybridized carbons (Fsp3) is 0.929. The van der Waals surface area contributed by atoms with Crippen molar-refractivity contribution in [1.29, 1.82) is 0 Å². The van der Waals surface area contributed by atoms with E-state index in [0.717, 1.165) is 45.6 Å². The highest BCUT2D eigenvalue weighted by molar-refractivity contribution is 5.76. The third-order valence-corrected chi connectivity index (χ3v) is 3.17. The van der Waals surface area contributed by atoms with E-state index < -0.39 is 0 Å². The van der Waals surface area contributed by atoms with E-state index in [-0.39, 0.29) is 0 Å². The van der Waals surface area contributed by atoms with Gasteiger partial charge in [0.25, 0.3) is 0 Å². The minimum atomic E-state index is 0.360. The van der Waals surface area contributed by atoms with Crippen LogP contribution in [0.2, 0.25) is 0 Å². The molecule has 0 aromatic carbocycles. The highest BCUT2D eigenvalue weighted by Crippen LogP contribution is 2.06. The third kappa shape index (κ3) is 6.67. The second-order valence-electron chi connectivity index (χ2n) is 4.27. The molecule has 1 aliphatic heterocycles. The zero-order valence-corrected chi connectivity index (χ0v) is 12.2. The van der Waals surface area contributed by atoms with E-state index in [1.165, 1.54) is 12.8 Å². The molecule has 1 amide bonds. The van der Waals surface area contributed by atoms with Crippen molar-refractivity contribution in [3.05, 3.63) is 0 Å². The highest BCUT2D eigenvalue weighted by atomic mass is 16.2. The molecule has 3 heteroatoms. The van der Waals surface area contributed by atoms with Crippen LogP contribution in [0, 0.1) is 0 Å². The van der Waals surface area contributed by atoms with Gasteiger partial charge in [0, 0.05) is 32.6 Å². The Bertz CT molecular complexity index is 187. The number of hydrogen-bond acceptors (Lipinski definition) is 2. The van der Waals surface area contributed by atoms with Crippen LogP contribution < -0.4 is 0 Å². The van der Waals surface area contributed by atoms with Gasteiger partial charge in [-0.15, -0.1) is 0 Å². The lowest BCUT2D eigenvalue weighted by molar-refractivity contribution is -0.133. The molecule has 1 fully saturated rings. The number of carbonyl (C=O) groups excluding carboxylic acids is 1. The van der Waals surface area contributed by atoms with E-state index >= 15 is 0 Å². The molecular weight excluding hydrogens is 212 g/mol. The first-order valence-electron chi connectivity index (χ1n) is 7.28. The zero-order chi connectivity index (χ0) is 13.1. The lowest BCUT2D eigenvalue weighted by Gasteiger charge is -2.34. The minimum Gasteiger partial charge on any atom is -0.340 e. The second kappa shape index (κ2) is 10.6. The summed E-state index contributed by atoms with van der Waals surface area (Å²) < 4.78 is 0. The standard InChI is InChI=1S/C12H24N2O.C2H6/c1-3-5-6-7-12(15)14-10-8-13(4-2)9-11-14;1-2/h3-11H2,1-2H3;1-2H3. The summed E-state index contributed by atoms with van der Waals surface area (Å²) in [5, 5.41) is 0. The number of rotatable bonds is 5. The molecule has 0 radical (unpaired) electrons. The van der Waals surface area contributed by atoms with Crippen molar-refractivity contribution in [2.45, 2.75) is 53.4 Å². The van der Waals surface area contributed by atoms with Gasteiger partial charge in [0.2, 0.25) is 5.91 Å².